The van der Waals surface area contributed by atoms with Crippen molar-refractivity contribution in [3.05, 3.63) is 64.2 Å². The highest BCUT2D eigenvalue weighted by atomic mass is 35.5. The Kier molecular flexibility index (Phi) is 11.1. The number of halogens is 1. The number of rotatable bonds is 9. The zero-order valence-corrected chi connectivity index (χ0v) is 24.3. The van der Waals surface area contributed by atoms with Crippen molar-refractivity contribution in [3.8, 4) is 12.3 Å². The molecule has 0 aliphatic carbocycles. The van der Waals surface area contributed by atoms with Crippen LogP contribution in [-0.2, 0) is 14.3 Å². The Morgan fingerprint density at radius 1 is 1.16 bits per heavy atom. The van der Waals surface area contributed by atoms with Gasteiger partial charge in [0.25, 0.3) is 5.91 Å². The molecule has 204 valence electrons. The van der Waals surface area contributed by atoms with Gasteiger partial charge in [0.2, 0.25) is 5.91 Å². The number of ether oxygens (including phenoxy) is 1. The fourth-order valence-corrected chi connectivity index (χ4v) is 4.39. The van der Waals surface area contributed by atoms with Gasteiger partial charge in [0.15, 0.2) is 0 Å². The predicted octanol–water partition coefficient (Wildman–Crippen LogP) is 5.76. The lowest BCUT2D eigenvalue weighted by atomic mass is 9.95. The van der Waals surface area contributed by atoms with Crippen LogP contribution in [0.4, 0.5) is 10.5 Å². The predicted molar refractivity (Wildman–Crippen MR) is 156 cm³/mol. The standard InChI is InChI=1S/C29H36ClN3O4S/c1-8-19(4)33(27(35)23(17-38)31-28(36)37-29(5,6)7)25(21-15-11-10-14-20(21)9-2)26(34)32-24-18(3)13-12-16-22(24)30/h2,10-16,19,23,25,38H,8,17H2,1,3-7H3,(H,31,36)(H,32,34). The first-order valence-electron chi connectivity index (χ1n) is 12.4. The number of anilines is 1. The molecule has 0 aromatic heterocycles. The van der Waals surface area contributed by atoms with Gasteiger partial charge >= 0.3 is 6.09 Å². The molecule has 2 N–H and O–H groups in total. The van der Waals surface area contributed by atoms with Gasteiger partial charge < -0.3 is 20.3 Å². The molecule has 0 radical (unpaired) electrons. The van der Waals surface area contributed by atoms with Crippen LogP contribution in [0, 0.1) is 19.3 Å². The van der Waals surface area contributed by atoms with Crippen LogP contribution >= 0.6 is 24.2 Å². The number of alkyl carbamates (subject to hydrolysis) is 1. The highest BCUT2D eigenvalue weighted by molar-refractivity contribution is 7.80. The molecule has 0 fully saturated rings. The van der Waals surface area contributed by atoms with Gasteiger partial charge in [0, 0.05) is 17.4 Å². The molecule has 0 spiro atoms. The van der Waals surface area contributed by atoms with Gasteiger partial charge in [-0.2, -0.15) is 12.6 Å². The SMILES string of the molecule is C#Cc1ccccc1C(C(=O)Nc1c(C)cccc1Cl)N(C(=O)C(CS)NC(=O)OC(C)(C)C)C(C)CC. The Morgan fingerprint density at radius 3 is 2.37 bits per heavy atom. The number of terminal acetylenes is 1. The number of hydrogen-bond donors (Lipinski definition) is 3. The summed E-state index contributed by atoms with van der Waals surface area (Å²) in [6.45, 7) is 10.7. The zero-order valence-electron chi connectivity index (χ0n) is 22.7. The summed E-state index contributed by atoms with van der Waals surface area (Å²) in [5.74, 6) is 1.62. The van der Waals surface area contributed by atoms with Gasteiger partial charge in [-0.15, -0.1) is 6.42 Å². The lowest BCUT2D eigenvalue weighted by Crippen LogP contribution is -2.55. The number of benzene rings is 2. The summed E-state index contributed by atoms with van der Waals surface area (Å²) in [7, 11) is 0. The Morgan fingerprint density at radius 2 is 1.82 bits per heavy atom. The van der Waals surface area contributed by atoms with Crippen molar-refractivity contribution in [3.63, 3.8) is 0 Å². The number of thiol groups is 1. The highest BCUT2D eigenvalue weighted by Crippen LogP contribution is 2.32. The maximum atomic E-state index is 14.0. The number of nitrogens with zero attached hydrogens (tertiary/aromatic N) is 1. The second kappa shape index (κ2) is 13.6. The third-order valence-corrected chi connectivity index (χ3v) is 6.58. The van der Waals surface area contributed by atoms with Crippen molar-refractivity contribution in [2.24, 2.45) is 0 Å². The monoisotopic (exact) mass is 557 g/mol. The Balaban J connectivity index is 2.62. The maximum Gasteiger partial charge on any atom is 0.408 e. The number of amides is 3. The van der Waals surface area contributed by atoms with E-state index in [0.29, 0.717) is 28.3 Å². The molecule has 3 atom stereocenters. The van der Waals surface area contributed by atoms with Crippen LogP contribution in [0.5, 0.6) is 0 Å². The van der Waals surface area contributed by atoms with Crippen LogP contribution in [0.2, 0.25) is 5.02 Å². The quantitative estimate of drug-likeness (QED) is 0.270. The van der Waals surface area contributed by atoms with Crippen molar-refractivity contribution < 1.29 is 19.1 Å². The topological polar surface area (TPSA) is 87.7 Å². The van der Waals surface area contributed by atoms with E-state index in [4.69, 9.17) is 22.8 Å². The molecule has 3 amide bonds. The minimum absolute atomic E-state index is 0.0141. The first-order chi connectivity index (χ1) is 17.8. The molecule has 7 nitrogen and oxygen atoms in total. The van der Waals surface area contributed by atoms with Crippen LogP contribution < -0.4 is 10.6 Å². The Hall–Kier alpha value is -3.15. The third kappa shape index (κ3) is 7.92. The van der Waals surface area contributed by atoms with E-state index in [-0.39, 0.29) is 5.75 Å². The lowest BCUT2D eigenvalue weighted by Gasteiger charge is -2.38. The van der Waals surface area contributed by atoms with Crippen LogP contribution in [0.3, 0.4) is 0 Å². The van der Waals surface area contributed by atoms with Crippen molar-refractivity contribution >= 4 is 47.8 Å². The van der Waals surface area contributed by atoms with E-state index in [1.165, 1.54) is 4.90 Å². The average molecular weight is 558 g/mol. The molecule has 3 unspecified atom stereocenters. The first-order valence-corrected chi connectivity index (χ1v) is 13.4. The molecule has 38 heavy (non-hydrogen) atoms. The summed E-state index contributed by atoms with van der Waals surface area (Å²) < 4.78 is 5.35. The molecular weight excluding hydrogens is 522 g/mol. The molecule has 0 aliphatic rings. The van der Waals surface area contributed by atoms with Gasteiger partial charge in [-0.25, -0.2) is 4.79 Å². The van der Waals surface area contributed by atoms with E-state index in [1.54, 1.807) is 57.2 Å². The van der Waals surface area contributed by atoms with Gasteiger partial charge in [-0.3, -0.25) is 9.59 Å². The molecule has 2 aromatic rings. The number of aryl methyl sites for hydroxylation is 1. The number of nitrogens with one attached hydrogen (secondary N) is 2. The van der Waals surface area contributed by atoms with E-state index in [1.807, 2.05) is 26.8 Å². The van der Waals surface area contributed by atoms with Gasteiger partial charge in [0.05, 0.1) is 10.7 Å². The molecular formula is C29H36ClN3O4S. The molecule has 0 bridgehead atoms. The minimum atomic E-state index is -1.12. The minimum Gasteiger partial charge on any atom is -0.444 e. The lowest BCUT2D eigenvalue weighted by molar-refractivity contribution is -0.142. The highest BCUT2D eigenvalue weighted by Gasteiger charge is 2.39. The summed E-state index contributed by atoms with van der Waals surface area (Å²) in [4.78, 5) is 42.0. The van der Waals surface area contributed by atoms with Crippen molar-refractivity contribution in [1.29, 1.82) is 0 Å². The van der Waals surface area contributed by atoms with Gasteiger partial charge in [-0.1, -0.05) is 54.8 Å². The largest absolute Gasteiger partial charge is 0.444 e. The summed E-state index contributed by atoms with van der Waals surface area (Å²) >= 11 is 10.7. The number of para-hydroxylation sites is 1. The Labute approximate surface area is 236 Å². The average Bonchev–Trinajstić information content (AvgIpc) is 2.86. The second-order valence-electron chi connectivity index (χ2n) is 9.94. The summed E-state index contributed by atoms with van der Waals surface area (Å²) in [5, 5.41) is 5.87. The molecule has 9 heteroatoms. The van der Waals surface area contributed by atoms with Crippen molar-refractivity contribution in [2.75, 3.05) is 11.1 Å². The van der Waals surface area contributed by atoms with Crippen molar-refractivity contribution in [1.82, 2.24) is 10.2 Å². The third-order valence-electron chi connectivity index (χ3n) is 5.90. The second-order valence-corrected chi connectivity index (χ2v) is 10.7. The number of carbonyl (C=O) groups excluding carboxylic acids is 3. The normalized spacial score (nSPS) is 13.4. The van der Waals surface area contributed by atoms with E-state index >= 15 is 0 Å². The fourth-order valence-electron chi connectivity index (χ4n) is 3.88. The van der Waals surface area contributed by atoms with Gasteiger partial charge in [0.1, 0.15) is 17.7 Å². The number of hydrogen-bond acceptors (Lipinski definition) is 5. The molecule has 2 rings (SSSR count). The van der Waals surface area contributed by atoms with Crippen molar-refractivity contribution in [2.45, 2.75) is 71.7 Å². The number of carbonyl (C=O) groups is 3. The van der Waals surface area contributed by atoms with E-state index in [9.17, 15) is 14.4 Å². The van der Waals surface area contributed by atoms with Gasteiger partial charge in [-0.05, 0) is 64.3 Å². The summed E-state index contributed by atoms with van der Waals surface area (Å²) in [6, 6.07) is 9.66. The molecule has 0 aliphatic heterocycles. The fraction of sp³-hybridized carbons (Fsp3) is 0.414. The van der Waals surface area contributed by atoms with E-state index in [0.717, 1.165) is 5.56 Å². The first kappa shape index (κ1) is 31.1. The maximum absolute atomic E-state index is 14.0. The van der Waals surface area contributed by atoms with E-state index in [2.05, 4.69) is 29.2 Å². The summed E-state index contributed by atoms with van der Waals surface area (Å²) in [6.07, 6.45) is 5.57. The van der Waals surface area contributed by atoms with Crippen LogP contribution in [0.25, 0.3) is 0 Å². The smallest absolute Gasteiger partial charge is 0.408 e. The van der Waals surface area contributed by atoms with E-state index < -0.39 is 41.6 Å². The molecule has 0 saturated heterocycles. The molecule has 0 saturated carbocycles. The van der Waals surface area contributed by atoms with Crippen LogP contribution in [0.15, 0.2) is 42.5 Å². The van der Waals surface area contributed by atoms with Crippen LogP contribution in [0.1, 0.15) is 63.8 Å². The van der Waals surface area contributed by atoms with Crippen LogP contribution in [-0.4, -0.2) is 46.2 Å². The Bertz CT molecular complexity index is 1180. The molecule has 0 heterocycles. The summed E-state index contributed by atoms with van der Waals surface area (Å²) in [5.41, 5.74) is 1.38. The molecule has 2 aromatic carbocycles. The zero-order chi connectivity index (χ0) is 28.6.